The number of furan rings is 1. The van der Waals surface area contributed by atoms with Crippen LogP contribution in [0.25, 0.3) is 0 Å². The molecule has 1 aromatic heterocycles. The van der Waals surface area contributed by atoms with E-state index < -0.39 is 0 Å². The smallest absolute Gasteiger partial charge is 0.166 e. The van der Waals surface area contributed by atoms with Crippen LogP contribution in [0.1, 0.15) is 22.5 Å². The largest absolute Gasteiger partial charge is 0.493 e. The zero-order chi connectivity index (χ0) is 17.5. The second-order valence-corrected chi connectivity index (χ2v) is 5.91. The number of methoxy groups -OCH3 is 1. The van der Waals surface area contributed by atoms with Crippen LogP contribution in [0.5, 0.6) is 11.5 Å². The molecule has 0 unspecified atom stereocenters. The van der Waals surface area contributed by atoms with Crippen LogP contribution in [0.4, 0.5) is 0 Å². The SMILES string of the molecule is COc1cccc(CNCc2ccco2)c1OCc1cccc(C)c1. The first-order valence-electron chi connectivity index (χ1n) is 8.33. The summed E-state index contributed by atoms with van der Waals surface area (Å²) in [6, 6.07) is 18.1. The van der Waals surface area contributed by atoms with Gasteiger partial charge in [-0.1, -0.05) is 42.0 Å². The Bertz CT molecular complexity index is 797. The lowest BCUT2D eigenvalue weighted by atomic mass is 10.1. The minimum atomic E-state index is 0.507. The summed E-state index contributed by atoms with van der Waals surface area (Å²) in [5.74, 6) is 2.42. The maximum atomic E-state index is 6.10. The first-order valence-corrected chi connectivity index (χ1v) is 8.33. The summed E-state index contributed by atoms with van der Waals surface area (Å²) in [7, 11) is 1.66. The Hall–Kier alpha value is -2.72. The zero-order valence-electron chi connectivity index (χ0n) is 14.6. The average molecular weight is 337 g/mol. The monoisotopic (exact) mass is 337 g/mol. The van der Waals surface area contributed by atoms with Gasteiger partial charge < -0.3 is 19.2 Å². The van der Waals surface area contributed by atoms with Crippen molar-refractivity contribution in [1.82, 2.24) is 5.32 Å². The van der Waals surface area contributed by atoms with Crippen LogP contribution in [0.3, 0.4) is 0 Å². The van der Waals surface area contributed by atoms with Crippen LogP contribution in [-0.2, 0) is 19.7 Å². The molecule has 0 atom stereocenters. The van der Waals surface area contributed by atoms with Gasteiger partial charge in [0.25, 0.3) is 0 Å². The molecule has 0 spiro atoms. The van der Waals surface area contributed by atoms with Crippen molar-refractivity contribution in [3.05, 3.63) is 83.3 Å². The number of hydrogen-bond donors (Lipinski definition) is 1. The van der Waals surface area contributed by atoms with Crippen LogP contribution in [0.2, 0.25) is 0 Å². The molecule has 4 heteroatoms. The molecule has 1 N–H and O–H groups in total. The zero-order valence-corrected chi connectivity index (χ0v) is 14.6. The molecule has 0 saturated heterocycles. The Labute approximate surface area is 148 Å². The summed E-state index contributed by atoms with van der Waals surface area (Å²) in [6.45, 7) is 3.92. The highest BCUT2D eigenvalue weighted by molar-refractivity contribution is 5.46. The van der Waals surface area contributed by atoms with Gasteiger partial charge in [-0.15, -0.1) is 0 Å². The second-order valence-electron chi connectivity index (χ2n) is 5.91. The number of ether oxygens (including phenoxy) is 2. The third-order valence-corrected chi connectivity index (χ3v) is 3.94. The van der Waals surface area contributed by atoms with Gasteiger partial charge in [-0.25, -0.2) is 0 Å². The van der Waals surface area contributed by atoms with Crippen LogP contribution in [0.15, 0.2) is 65.3 Å². The van der Waals surface area contributed by atoms with Gasteiger partial charge in [0.05, 0.1) is 19.9 Å². The summed E-state index contributed by atoms with van der Waals surface area (Å²) in [6.07, 6.45) is 1.68. The highest BCUT2D eigenvalue weighted by atomic mass is 16.5. The standard InChI is InChI=1S/C21H23NO3/c1-16-6-3-7-17(12-16)15-25-21-18(8-4-10-20(21)23-2)13-22-14-19-9-5-11-24-19/h3-12,22H,13-15H2,1-2H3. The highest BCUT2D eigenvalue weighted by Crippen LogP contribution is 2.32. The Morgan fingerprint density at radius 2 is 1.88 bits per heavy atom. The Balaban J connectivity index is 1.69. The fraction of sp³-hybridized carbons (Fsp3) is 0.238. The fourth-order valence-corrected chi connectivity index (χ4v) is 2.72. The van der Waals surface area contributed by atoms with E-state index in [1.54, 1.807) is 13.4 Å². The second kappa shape index (κ2) is 8.40. The average Bonchev–Trinajstić information content (AvgIpc) is 3.14. The minimum absolute atomic E-state index is 0.507. The summed E-state index contributed by atoms with van der Waals surface area (Å²) in [4.78, 5) is 0. The number of para-hydroxylation sites is 1. The van der Waals surface area contributed by atoms with E-state index in [0.29, 0.717) is 19.7 Å². The highest BCUT2D eigenvalue weighted by Gasteiger charge is 2.11. The summed E-state index contributed by atoms with van der Waals surface area (Å²) in [5.41, 5.74) is 3.42. The molecule has 0 fully saturated rings. The van der Waals surface area contributed by atoms with Crippen molar-refractivity contribution in [2.24, 2.45) is 0 Å². The molecule has 0 amide bonds. The molecule has 25 heavy (non-hydrogen) atoms. The van der Waals surface area contributed by atoms with Crippen molar-refractivity contribution in [1.29, 1.82) is 0 Å². The number of nitrogens with one attached hydrogen (secondary N) is 1. The maximum absolute atomic E-state index is 6.10. The molecular formula is C21H23NO3. The molecule has 130 valence electrons. The van der Waals surface area contributed by atoms with Crippen LogP contribution in [0, 0.1) is 6.92 Å². The number of rotatable bonds is 8. The lowest BCUT2D eigenvalue weighted by Crippen LogP contribution is -2.13. The normalized spacial score (nSPS) is 10.6. The van der Waals surface area contributed by atoms with Gasteiger partial charge in [-0.3, -0.25) is 0 Å². The first-order chi connectivity index (χ1) is 12.3. The van der Waals surface area contributed by atoms with Crippen LogP contribution in [-0.4, -0.2) is 7.11 Å². The number of hydrogen-bond acceptors (Lipinski definition) is 4. The molecule has 1 heterocycles. The molecule has 0 aliphatic carbocycles. The fourth-order valence-electron chi connectivity index (χ4n) is 2.72. The van der Waals surface area contributed by atoms with E-state index in [9.17, 15) is 0 Å². The van der Waals surface area contributed by atoms with E-state index >= 15 is 0 Å². The van der Waals surface area contributed by atoms with Crippen molar-refractivity contribution in [2.45, 2.75) is 26.6 Å². The molecular weight excluding hydrogens is 314 g/mol. The van der Waals surface area contributed by atoms with Crippen molar-refractivity contribution in [3.8, 4) is 11.5 Å². The Kier molecular flexibility index (Phi) is 5.75. The first kappa shape index (κ1) is 17.1. The molecule has 2 aromatic carbocycles. The molecule has 4 nitrogen and oxygen atoms in total. The van der Waals surface area contributed by atoms with Crippen molar-refractivity contribution in [3.63, 3.8) is 0 Å². The minimum Gasteiger partial charge on any atom is -0.493 e. The van der Waals surface area contributed by atoms with Crippen molar-refractivity contribution in [2.75, 3.05) is 7.11 Å². The van der Waals surface area contributed by atoms with E-state index in [4.69, 9.17) is 13.9 Å². The number of benzene rings is 2. The Morgan fingerprint density at radius 1 is 1.00 bits per heavy atom. The predicted octanol–water partition coefficient (Wildman–Crippen LogP) is 4.47. The topological polar surface area (TPSA) is 43.6 Å². The van der Waals surface area contributed by atoms with E-state index in [1.807, 2.05) is 36.4 Å². The Morgan fingerprint density at radius 3 is 2.64 bits per heavy atom. The van der Waals surface area contributed by atoms with Gasteiger partial charge in [0.15, 0.2) is 11.5 Å². The van der Waals surface area contributed by atoms with Gasteiger partial charge in [0, 0.05) is 12.1 Å². The quantitative estimate of drug-likeness (QED) is 0.659. The lowest BCUT2D eigenvalue weighted by Gasteiger charge is -2.15. The van der Waals surface area contributed by atoms with E-state index in [2.05, 4.69) is 30.4 Å². The van der Waals surface area contributed by atoms with E-state index in [1.165, 1.54) is 5.56 Å². The molecule has 3 rings (SSSR count). The molecule has 0 aliphatic rings. The molecule has 3 aromatic rings. The van der Waals surface area contributed by atoms with Gasteiger partial charge in [0.2, 0.25) is 0 Å². The van der Waals surface area contributed by atoms with Crippen molar-refractivity contribution >= 4 is 0 Å². The third-order valence-electron chi connectivity index (χ3n) is 3.94. The van der Waals surface area contributed by atoms with Crippen molar-refractivity contribution < 1.29 is 13.9 Å². The molecule has 0 saturated carbocycles. The number of aryl methyl sites for hydroxylation is 1. The lowest BCUT2D eigenvalue weighted by molar-refractivity contribution is 0.280. The summed E-state index contributed by atoms with van der Waals surface area (Å²) in [5, 5.41) is 3.37. The third kappa shape index (κ3) is 4.64. The van der Waals surface area contributed by atoms with Gasteiger partial charge in [0.1, 0.15) is 12.4 Å². The van der Waals surface area contributed by atoms with Crippen LogP contribution < -0.4 is 14.8 Å². The van der Waals surface area contributed by atoms with Gasteiger partial charge in [-0.2, -0.15) is 0 Å². The van der Waals surface area contributed by atoms with Crippen LogP contribution >= 0.6 is 0 Å². The van der Waals surface area contributed by atoms with E-state index in [-0.39, 0.29) is 0 Å². The van der Waals surface area contributed by atoms with Gasteiger partial charge >= 0.3 is 0 Å². The maximum Gasteiger partial charge on any atom is 0.166 e. The van der Waals surface area contributed by atoms with E-state index in [0.717, 1.165) is 28.4 Å². The molecule has 0 bridgehead atoms. The summed E-state index contributed by atoms with van der Waals surface area (Å²) >= 11 is 0. The summed E-state index contributed by atoms with van der Waals surface area (Å²) < 4.78 is 16.9. The molecule has 0 radical (unpaired) electrons. The van der Waals surface area contributed by atoms with Gasteiger partial charge in [-0.05, 0) is 30.7 Å². The molecule has 0 aliphatic heterocycles. The predicted molar refractivity (Wildman–Crippen MR) is 97.8 cm³/mol.